The van der Waals surface area contributed by atoms with E-state index in [4.69, 9.17) is 0 Å². The van der Waals surface area contributed by atoms with Gasteiger partial charge < -0.3 is 9.55 Å². The van der Waals surface area contributed by atoms with E-state index in [1.165, 1.54) is 0 Å². The largest absolute Gasteiger partial charge is 0.357 e. The fourth-order valence-electron chi connectivity index (χ4n) is 2.13. The first-order valence-corrected chi connectivity index (χ1v) is 5.75. The number of H-pyrrole nitrogens is 1. The van der Waals surface area contributed by atoms with Gasteiger partial charge in [0.15, 0.2) is 6.29 Å². The van der Waals surface area contributed by atoms with Gasteiger partial charge in [0.05, 0.1) is 11.4 Å². The molecule has 0 amide bonds. The number of hydrogen-bond acceptors (Lipinski definition) is 1. The van der Waals surface area contributed by atoms with Crippen LogP contribution in [0.4, 0.5) is 0 Å². The summed E-state index contributed by atoms with van der Waals surface area (Å²) in [6.45, 7) is 0. The zero-order chi connectivity index (χ0) is 12.4. The number of aldehydes is 1. The van der Waals surface area contributed by atoms with Crippen molar-refractivity contribution in [1.29, 1.82) is 0 Å². The van der Waals surface area contributed by atoms with Gasteiger partial charge in [-0.25, -0.2) is 0 Å². The molecule has 3 nitrogen and oxygen atoms in total. The van der Waals surface area contributed by atoms with Crippen molar-refractivity contribution in [2.24, 2.45) is 0 Å². The molecule has 0 atom stereocenters. The van der Waals surface area contributed by atoms with Crippen molar-refractivity contribution in [3.8, 4) is 16.8 Å². The van der Waals surface area contributed by atoms with Crippen molar-refractivity contribution in [2.75, 3.05) is 0 Å². The predicted octanol–water partition coefficient (Wildman–Crippen LogP) is 3.28. The topological polar surface area (TPSA) is 37.8 Å². The highest BCUT2D eigenvalue weighted by Crippen LogP contribution is 2.29. The molecule has 88 valence electrons. The highest BCUT2D eigenvalue weighted by Gasteiger charge is 2.13. The summed E-state index contributed by atoms with van der Waals surface area (Å²) in [6.07, 6.45) is 6.63. The number of nitrogens with one attached hydrogen (secondary N) is 1. The Bertz CT molecular complexity index is 651. The molecule has 2 heterocycles. The van der Waals surface area contributed by atoms with Crippen LogP contribution in [-0.2, 0) is 0 Å². The summed E-state index contributed by atoms with van der Waals surface area (Å²) in [5, 5.41) is 0. The molecule has 0 aliphatic heterocycles. The molecule has 3 heteroatoms. The lowest BCUT2D eigenvalue weighted by Gasteiger charge is -2.06. The van der Waals surface area contributed by atoms with Crippen LogP contribution < -0.4 is 0 Å². The molecule has 0 fully saturated rings. The summed E-state index contributed by atoms with van der Waals surface area (Å²) >= 11 is 0. The molecule has 0 spiro atoms. The number of carbonyl (C=O) groups is 1. The molecule has 0 saturated carbocycles. The average molecular weight is 236 g/mol. The van der Waals surface area contributed by atoms with Crippen LogP contribution in [0.3, 0.4) is 0 Å². The van der Waals surface area contributed by atoms with Gasteiger partial charge in [0.2, 0.25) is 0 Å². The fourth-order valence-corrected chi connectivity index (χ4v) is 2.13. The van der Waals surface area contributed by atoms with Crippen LogP contribution in [0.1, 0.15) is 10.5 Å². The Balaban J connectivity index is 2.23. The maximum absolute atomic E-state index is 11.1. The van der Waals surface area contributed by atoms with Crippen molar-refractivity contribution >= 4 is 6.29 Å². The molecule has 18 heavy (non-hydrogen) atoms. The number of hydrogen-bond donors (Lipinski definition) is 1. The molecule has 3 aromatic rings. The Hall–Kier alpha value is -2.55. The zero-order valence-corrected chi connectivity index (χ0v) is 9.71. The minimum absolute atomic E-state index is 0.602. The van der Waals surface area contributed by atoms with Crippen molar-refractivity contribution < 1.29 is 4.79 Å². The molecular formula is C15H12N2O. The van der Waals surface area contributed by atoms with Crippen LogP contribution in [-0.4, -0.2) is 15.8 Å². The predicted molar refractivity (Wildman–Crippen MR) is 70.9 cm³/mol. The lowest BCUT2D eigenvalue weighted by molar-refractivity contribution is 0.112. The smallest absolute Gasteiger partial charge is 0.166 e. The molecule has 0 bridgehead atoms. The summed E-state index contributed by atoms with van der Waals surface area (Å²) in [5.74, 6) is 0. The Morgan fingerprint density at radius 3 is 2.39 bits per heavy atom. The zero-order valence-electron chi connectivity index (χ0n) is 9.71. The Morgan fingerprint density at radius 2 is 1.72 bits per heavy atom. The molecular weight excluding hydrogens is 224 g/mol. The van der Waals surface area contributed by atoms with E-state index in [2.05, 4.69) is 4.98 Å². The van der Waals surface area contributed by atoms with E-state index >= 15 is 0 Å². The molecule has 0 radical (unpaired) electrons. The molecule has 0 saturated heterocycles. The Morgan fingerprint density at radius 1 is 1.00 bits per heavy atom. The van der Waals surface area contributed by atoms with Crippen molar-refractivity contribution in [1.82, 2.24) is 9.55 Å². The third kappa shape index (κ3) is 1.66. The minimum Gasteiger partial charge on any atom is -0.357 e. The van der Waals surface area contributed by atoms with Gasteiger partial charge in [-0.3, -0.25) is 4.79 Å². The third-order valence-corrected chi connectivity index (χ3v) is 2.95. The Kier molecular flexibility index (Phi) is 2.57. The number of rotatable bonds is 3. The van der Waals surface area contributed by atoms with Gasteiger partial charge in [0, 0.05) is 24.2 Å². The standard InChI is InChI=1S/C15H12N2O/c18-11-13-15(12-6-2-1-3-7-12)14(10-16-13)17-8-4-5-9-17/h1-11,16H. The first kappa shape index (κ1) is 10.6. The Labute approximate surface area is 105 Å². The number of carbonyl (C=O) groups excluding carboxylic acids is 1. The van der Waals surface area contributed by atoms with Crippen molar-refractivity contribution in [3.05, 3.63) is 66.7 Å². The van der Waals surface area contributed by atoms with E-state index in [9.17, 15) is 4.79 Å². The second kappa shape index (κ2) is 4.37. The van der Waals surface area contributed by atoms with Gasteiger partial charge in [0.1, 0.15) is 0 Å². The normalized spacial score (nSPS) is 10.4. The second-order valence-electron chi connectivity index (χ2n) is 4.04. The summed E-state index contributed by atoms with van der Waals surface area (Å²) in [4.78, 5) is 14.2. The fraction of sp³-hybridized carbons (Fsp3) is 0. The highest BCUT2D eigenvalue weighted by molar-refractivity contribution is 5.90. The summed E-state index contributed by atoms with van der Waals surface area (Å²) in [6, 6.07) is 13.8. The van der Waals surface area contributed by atoms with Gasteiger partial charge in [-0.2, -0.15) is 0 Å². The van der Waals surface area contributed by atoms with Gasteiger partial charge in [-0.05, 0) is 17.7 Å². The lowest BCUT2D eigenvalue weighted by Crippen LogP contribution is -1.92. The number of nitrogens with zero attached hydrogens (tertiary/aromatic N) is 1. The van der Waals surface area contributed by atoms with Gasteiger partial charge >= 0.3 is 0 Å². The van der Waals surface area contributed by atoms with Crippen molar-refractivity contribution in [2.45, 2.75) is 0 Å². The van der Waals surface area contributed by atoms with Gasteiger partial charge in [-0.1, -0.05) is 30.3 Å². The molecule has 0 aliphatic carbocycles. The highest BCUT2D eigenvalue weighted by atomic mass is 16.1. The molecule has 1 aromatic carbocycles. The van der Waals surface area contributed by atoms with E-state index in [1.807, 2.05) is 65.6 Å². The van der Waals surface area contributed by atoms with Crippen LogP contribution in [0, 0.1) is 0 Å². The van der Waals surface area contributed by atoms with E-state index in [1.54, 1.807) is 0 Å². The molecule has 2 aromatic heterocycles. The van der Waals surface area contributed by atoms with Crippen LogP contribution in [0.15, 0.2) is 61.1 Å². The van der Waals surface area contributed by atoms with Crippen LogP contribution in [0.2, 0.25) is 0 Å². The van der Waals surface area contributed by atoms with Crippen LogP contribution in [0.5, 0.6) is 0 Å². The summed E-state index contributed by atoms with van der Waals surface area (Å²) in [5.41, 5.74) is 3.55. The van der Waals surface area contributed by atoms with E-state index in [0.29, 0.717) is 5.69 Å². The van der Waals surface area contributed by atoms with Gasteiger partial charge in [0.25, 0.3) is 0 Å². The van der Waals surface area contributed by atoms with Crippen molar-refractivity contribution in [3.63, 3.8) is 0 Å². The first-order chi connectivity index (χ1) is 8.90. The first-order valence-electron chi connectivity index (χ1n) is 5.75. The summed E-state index contributed by atoms with van der Waals surface area (Å²) in [7, 11) is 0. The monoisotopic (exact) mass is 236 g/mol. The molecule has 1 N–H and O–H groups in total. The van der Waals surface area contributed by atoms with Crippen LogP contribution in [0.25, 0.3) is 16.8 Å². The number of benzene rings is 1. The summed E-state index contributed by atoms with van der Waals surface area (Å²) < 4.78 is 1.99. The molecule has 3 rings (SSSR count). The third-order valence-electron chi connectivity index (χ3n) is 2.95. The van der Waals surface area contributed by atoms with Gasteiger partial charge in [-0.15, -0.1) is 0 Å². The SMILES string of the molecule is O=Cc1[nH]cc(-n2cccc2)c1-c1ccccc1. The average Bonchev–Trinajstić information content (AvgIpc) is 3.08. The van der Waals surface area contributed by atoms with E-state index < -0.39 is 0 Å². The van der Waals surface area contributed by atoms with Crippen LogP contribution >= 0.6 is 0 Å². The maximum atomic E-state index is 11.1. The molecule has 0 aliphatic rings. The quantitative estimate of drug-likeness (QED) is 0.696. The van der Waals surface area contributed by atoms with E-state index in [0.717, 1.165) is 23.1 Å². The molecule has 0 unspecified atom stereocenters. The lowest BCUT2D eigenvalue weighted by atomic mass is 10.1. The maximum Gasteiger partial charge on any atom is 0.166 e. The van der Waals surface area contributed by atoms with E-state index in [-0.39, 0.29) is 0 Å². The second-order valence-corrected chi connectivity index (χ2v) is 4.04. The minimum atomic E-state index is 0.602. The number of aromatic amines is 1. The number of aromatic nitrogens is 2.